The quantitative estimate of drug-likeness (QED) is 0.820. The lowest BCUT2D eigenvalue weighted by molar-refractivity contribution is 0.0789. The van der Waals surface area contributed by atoms with Crippen LogP contribution in [0.3, 0.4) is 0 Å². The maximum atomic E-state index is 12.4. The van der Waals surface area contributed by atoms with Crippen molar-refractivity contribution in [2.24, 2.45) is 0 Å². The molecule has 22 heavy (non-hydrogen) atoms. The van der Waals surface area contributed by atoms with Gasteiger partial charge in [-0.25, -0.2) is 4.98 Å². The van der Waals surface area contributed by atoms with Crippen molar-refractivity contribution in [2.75, 3.05) is 20.8 Å². The van der Waals surface area contributed by atoms with Crippen molar-refractivity contribution in [3.8, 4) is 11.5 Å². The van der Waals surface area contributed by atoms with Gasteiger partial charge in [-0.15, -0.1) is 11.3 Å². The molecule has 2 rings (SSSR count). The molecule has 0 radical (unpaired) electrons. The number of nitrogens with zero attached hydrogens (tertiary/aromatic N) is 2. The smallest absolute Gasteiger partial charge is 0.265 e. The second-order valence-electron chi connectivity index (χ2n) is 4.85. The lowest BCUT2D eigenvalue weighted by Crippen LogP contribution is -2.26. The third-order valence-corrected chi connectivity index (χ3v) is 4.15. The van der Waals surface area contributed by atoms with E-state index < -0.39 is 0 Å². The van der Waals surface area contributed by atoms with Crippen LogP contribution in [0.2, 0.25) is 0 Å². The Kier molecular flexibility index (Phi) is 5.38. The van der Waals surface area contributed by atoms with Gasteiger partial charge in [-0.3, -0.25) is 4.79 Å². The normalized spacial score (nSPS) is 10.4. The molecule has 5 nitrogen and oxygen atoms in total. The van der Waals surface area contributed by atoms with Crippen LogP contribution in [-0.4, -0.2) is 36.6 Å². The number of rotatable bonds is 6. The summed E-state index contributed by atoms with van der Waals surface area (Å²) in [6.07, 6.45) is 0. The highest BCUT2D eigenvalue weighted by atomic mass is 32.1. The molecule has 0 saturated heterocycles. The molecule has 0 N–H and O–H groups in total. The van der Waals surface area contributed by atoms with Gasteiger partial charge in [-0.1, -0.05) is 6.07 Å². The number of aromatic nitrogens is 1. The molecule has 1 amide bonds. The van der Waals surface area contributed by atoms with Crippen LogP contribution in [0.1, 0.15) is 27.9 Å². The van der Waals surface area contributed by atoms with Crippen LogP contribution in [0.25, 0.3) is 0 Å². The van der Waals surface area contributed by atoms with Crippen LogP contribution in [0.15, 0.2) is 23.7 Å². The number of methoxy groups -OCH3 is 1. The molecule has 0 fully saturated rings. The second-order valence-corrected chi connectivity index (χ2v) is 5.70. The fourth-order valence-electron chi connectivity index (χ4n) is 2.11. The van der Waals surface area contributed by atoms with Gasteiger partial charge in [0.15, 0.2) is 11.5 Å². The van der Waals surface area contributed by atoms with Gasteiger partial charge in [0, 0.05) is 13.6 Å². The van der Waals surface area contributed by atoms with E-state index in [1.54, 1.807) is 24.6 Å². The van der Waals surface area contributed by atoms with E-state index in [1.165, 1.54) is 11.3 Å². The van der Waals surface area contributed by atoms with E-state index in [0.717, 1.165) is 11.3 Å². The first-order chi connectivity index (χ1) is 10.6. The number of amides is 1. The molecule has 0 saturated carbocycles. The van der Waals surface area contributed by atoms with Gasteiger partial charge in [0.25, 0.3) is 5.91 Å². The van der Waals surface area contributed by atoms with E-state index in [1.807, 2.05) is 32.0 Å². The molecule has 2 aromatic rings. The van der Waals surface area contributed by atoms with Crippen molar-refractivity contribution < 1.29 is 14.3 Å². The zero-order valence-electron chi connectivity index (χ0n) is 13.3. The van der Waals surface area contributed by atoms with E-state index >= 15 is 0 Å². The Morgan fingerprint density at radius 1 is 1.36 bits per heavy atom. The minimum atomic E-state index is -0.0205. The van der Waals surface area contributed by atoms with Crippen molar-refractivity contribution in [3.05, 3.63) is 39.8 Å². The molecule has 0 spiro atoms. The summed E-state index contributed by atoms with van der Waals surface area (Å²) in [6, 6.07) is 5.71. The molecule has 0 aliphatic rings. The van der Waals surface area contributed by atoms with Crippen LogP contribution < -0.4 is 9.47 Å². The van der Waals surface area contributed by atoms with Crippen LogP contribution in [0, 0.1) is 6.92 Å². The highest BCUT2D eigenvalue weighted by Gasteiger charge is 2.17. The summed E-state index contributed by atoms with van der Waals surface area (Å²) >= 11 is 1.37. The number of benzene rings is 1. The molecule has 0 aliphatic carbocycles. The highest BCUT2D eigenvalue weighted by Crippen LogP contribution is 2.28. The topological polar surface area (TPSA) is 51.7 Å². The number of hydrogen-bond donors (Lipinski definition) is 0. The van der Waals surface area contributed by atoms with Gasteiger partial charge >= 0.3 is 0 Å². The summed E-state index contributed by atoms with van der Waals surface area (Å²) in [5, 5.41) is 0. The van der Waals surface area contributed by atoms with Gasteiger partial charge in [0.05, 0.1) is 24.9 Å². The Balaban J connectivity index is 2.13. The van der Waals surface area contributed by atoms with Gasteiger partial charge in [-0.05, 0) is 31.5 Å². The number of thiazole rings is 1. The molecule has 0 unspecified atom stereocenters. The van der Waals surface area contributed by atoms with Crippen molar-refractivity contribution >= 4 is 17.2 Å². The summed E-state index contributed by atoms with van der Waals surface area (Å²) < 4.78 is 10.8. The van der Waals surface area contributed by atoms with Crippen LogP contribution in [0.4, 0.5) is 0 Å². The standard InChI is InChI=1S/C16H20N2O3S/c1-5-21-13-7-6-12(8-14(13)20-4)9-18(3)16(19)15-11(2)17-10-22-15/h6-8,10H,5,9H2,1-4H3. The molecule has 118 valence electrons. The third-order valence-electron chi connectivity index (χ3n) is 3.23. The van der Waals surface area contributed by atoms with Crippen LogP contribution in [-0.2, 0) is 6.54 Å². The van der Waals surface area contributed by atoms with Gasteiger partial charge < -0.3 is 14.4 Å². The molecular weight excluding hydrogens is 300 g/mol. The minimum Gasteiger partial charge on any atom is -0.493 e. The number of carbonyl (C=O) groups excluding carboxylic acids is 1. The fourth-order valence-corrected chi connectivity index (χ4v) is 2.91. The monoisotopic (exact) mass is 320 g/mol. The second kappa shape index (κ2) is 7.26. The van der Waals surface area contributed by atoms with Crippen LogP contribution >= 0.6 is 11.3 Å². The fraction of sp³-hybridized carbons (Fsp3) is 0.375. The largest absolute Gasteiger partial charge is 0.493 e. The predicted octanol–water partition coefficient (Wildman–Crippen LogP) is 3.13. The molecule has 6 heteroatoms. The minimum absolute atomic E-state index is 0.0205. The van der Waals surface area contributed by atoms with E-state index in [-0.39, 0.29) is 5.91 Å². The molecule has 0 aliphatic heterocycles. The van der Waals surface area contributed by atoms with Gasteiger partial charge in [-0.2, -0.15) is 0 Å². The number of aryl methyl sites for hydroxylation is 1. The average molecular weight is 320 g/mol. The Morgan fingerprint density at radius 3 is 2.73 bits per heavy atom. The molecular formula is C16H20N2O3S. The number of carbonyl (C=O) groups is 1. The summed E-state index contributed by atoms with van der Waals surface area (Å²) in [7, 11) is 3.39. The van der Waals surface area contributed by atoms with Crippen LogP contribution in [0.5, 0.6) is 11.5 Å². The zero-order chi connectivity index (χ0) is 16.1. The van der Waals surface area contributed by atoms with Gasteiger partial charge in [0.2, 0.25) is 0 Å². The maximum Gasteiger partial charge on any atom is 0.265 e. The first kappa shape index (κ1) is 16.3. The summed E-state index contributed by atoms with van der Waals surface area (Å²) in [5.74, 6) is 1.36. The van der Waals surface area contributed by atoms with Crippen molar-refractivity contribution in [1.29, 1.82) is 0 Å². The Bertz CT molecular complexity index is 655. The number of ether oxygens (including phenoxy) is 2. The molecule has 1 aromatic carbocycles. The first-order valence-electron chi connectivity index (χ1n) is 7.02. The summed E-state index contributed by atoms with van der Waals surface area (Å²) in [6.45, 7) is 4.85. The summed E-state index contributed by atoms with van der Waals surface area (Å²) in [5.41, 5.74) is 3.44. The SMILES string of the molecule is CCOc1ccc(CN(C)C(=O)c2scnc2C)cc1OC. The Labute approximate surface area is 134 Å². The first-order valence-corrected chi connectivity index (χ1v) is 7.90. The van der Waals surface area contributed by atoms with Gasteiger partial charge in [0.1, 0.15) is 4.88 Å². The highest BCUT2D eigenvalue weighted by molar-refractivity contribution is 7.11. The Morgan fingerprint density at radius 2 is 2.14 bits per heavy atom. The molecule has 0 bridgehead atoms. The Hall–Kier alpha value is -2.08. The van der Waals surface area contributed by atoms with Crippen molar-refractivity contribution in [1.82, 2.24) is 9.88 Å². The average Bonchev–Trinajstić information content (AvgIpc) is 2.94. The lowest BCUT2D eigenvalue weighted by Gasteiger charge is -2.18. The van der Waals surface area contributed by atoms with E-state index in [0.29, 0.717) is 29.5 Å². The van der Waals surface area contributed by atoms with Crippen molar-refractivity contribution in [2.45, 2.75) is 20.4 Å². The number of hydrogen-bond acceptors (Lipinski definition) is 5. The van der Waals surface area contributed by atoms with E-state index in [2.05, 4.69) is 4.98 Å². The van der Waals surface area contributed by atoms with Crippen molar-refractivity contribution in [3.63, 3.8) is 0 Å². The molecule has 1 heterocycles. The zero-order valence-corrected chi connectivity index (χ0v) is 14.1. The molecule has 1 aromatic heterocycles. The molecule has 0 atom stereocenters. The third kappa shape index (κ3) is 3.57. The lowest BCUT2D eigenvalue weighted by atomic mass is 10.2. The van der Waals surface area contributed by atoms with E-state index in [9.17, 15) is 4.79 Å². The van der Waals surface area contributed by atoms with E-state index in [4.69, 9.17) is 9.47 Å². The predicted molar refractivity (Wildman–Crippen MR) is 86.8 cm³/mol. The summed E-state index contributed by atoms with van der Waals surface area (Å²) in [4.78, 5) is 18.9. The maximum absolute atomic E-state index is 12.4.